The van der Waals surface area contributed by atoms with Gasteiger partial charge in [0.05, 0.1) is 0 Å². The summed E-state index contributed by atoms with van der Waals surface area (Å²) in [6.07, 6.45) is 3.61. The molecule has 0 aliphatic rings. The monoisotopic (exact) mass is 243 g/mol. The molecule has 84 valence electrons. The van der Waals surface area contributed by atoms with Gasteiger partial charge < -0.3 is 5.73 Å². The van der Waals surface area contributed by atoms with Crippen LogP contribution in [0, 0.1) is 0 Å². The van der Waals surface area contributed by atoms with E-state index < -0.39 is 0 Å². The normalized spacial score (nSPS) is 10.6. The Kier molecular flexibility index (Phi) is 2.34. The first-order valence-corrected chi connectivity index (χ1v) is 5.88. The van der Waals surface area contributed by atoms with E-state index in [9.17, 15) is 0 Å². The molecule has 0 spiro atoms. The van der Waals surface area contributed by atoms with Crippen molar-refractivity contribution in [2.45, 2.75) is 0 Å². The van der Waals surface area contributed by atoms with E-state index in [0.29, 0.717) is 0 Å². The molecule has 0 radical (unpaired) electrons. The molecule has 0 atom stereocenters. The first-order chi connectivity index (χ1) is 8.34. The maximum atomic E-state index is 5.67. The lowest BCUT2D eigenvalue weighted by atomic mass is 10.2. The van der Waals surface area contributed by atoms with Crippen molar-refractivity contribution in [2.24, 2.45) is 0 Å². The fourth-order valence-electron chi connectivity index (χ4n) is 1.58. The van der Waals surface area contributed by atoms with Gasteiger partial charge in [0.1, 0.15) is 11.3 Å². The summed E-state index contributed by atoms with van der Waals surface area (Å²) in [4.78, 5) is 4.33. The van der Waals surface area contributed by atoms with Crippen LogP contribution in [0.25, 0.3) is 16.5 Å². The fourth-order valence-corrected chi connectivity index (χ4v) is 2.12. The highest BCUT2D eigenvalue weighted by atomic mass is 32.1. The van der Waals surface area contributed by atoms with E-state index in [-0.39, 0.29) is 0 Å². The van der Waals surface area contributed by atoms with E-state index in [0.717, 1.165) is 22.2 Å². The van der Waals surface area contributed by atoms with Gasteiger partial charge in [0, 0.05) is 23.6 Å². The van der Waals surface area contributed by atoms with Crippen molar-refractivity contribution < 1.29 is 0 Å². The zero-order valence-electron chi connectivity index (χ0n) is 8.82. The number of imidazole rings is 1. The van der Waals surface area contributed by atoms with Gasteiger partial charge in [-0.05, 0) is 24.3 Å². The summed E-state index contributed by atoms with van der Waals surface area (Å²) in [5.41, 5.74) is 9.10. The lowest BCUT2D eigenvalue weighted by Crippen LogP contribution is -1.96. The summed E-state index contributed by atoms with van der Waals surface area (Å²) in [5.74, 6) is 0.835. The summed E-state index contributed by atoms with van der Waals surface area (Å²) in [6.45, 7) is 0. The van der Waals surface area contributed by atoms with E-state index in [1.807, 2.05) is 35.0 Å². The van der Waals surface area contributed by atoms with Crippen LogP contribution in [0.1, 0.15) is 0 Å². The van der Waals surface area contributed by atoms with Crippen molar-refractivity contribution in [3.05, 3.63) is 42.2 Å². The lowest BCUT2D eigenvalue weighted by molar-refractivity contribution is 0.971. The van der Waals surface area contributed by atoms with Gasteiger partial charge in [0.2, 0.25) is 5.13 Å². The third kappa shape index (κ3) is 1.78. The van der Waals surface area contributed by atoms with Crippen molar-refractivity contribution >= 4 is 17.0 Å². The smallest absolute Gasteiger partial charge is 0.217 e. The Hall–Kier alpha value is -2.21. The minimum Gasteiger partial charge on any atom is -0.399 e. The van der Waals surface area contributed by atoms with Crippen LogP contribution in [-0.2, 0) is 0 Å². The Labute approximate surface area is 102 Å². The molecular formula is C11H9N5S. The molecule has 0 aliphatic carbocycles. The van der Waals surface area contributed by atoms with Gasteiger partial charge in [0.15, 0.2) is 0 Å². The zero-order chi connectivity index (χ0) is 11.7. The van der Waals surface area contributed by atoms with Crippen molar-refractivity contribution in [3.8, 4) is 16.5 Å². The highest BCUT2D eigenvalue weighted by Gasteiger charge is 2.09. The van der Waals surface area contributed by atoms with Gasteiger partial charge in [-0.3, -0.25) is 4.57 Å². The van der Waals surface area contributed by atoms with Crippen LogP contribution in [0.5, 0.6) is 0 Å². The highest BCUT2D eigenvalue weighted by molar-refractivity contribution is 7.11. The fraction of sp³-hybridized carbons (Fsp3) is 0. The second kappa shape index (κ2) is 3.99. The van der Waals surface area contributed by atoms with Gasteiger partial charge in [-0.15, -0.1) is 10.2 Å². The van der Waals surface area contributed by atoms with Crippen LogP contribution in [0.15, 0.2) is 42.2 Å². The Morgan fingerprint density at radius 1 is 1.18 bits per heavy atom. The first-order valence-electron chi connectivity index (χ1n) is 5.00. The molecule has 17 heavy (non-hydrogen) atoms. The molecule has 0 amide bonds. The topological polar surface area (TPSA) is 69.6 Å². The number of hydrogen-bond acceptors (Lipinski definition) is 5. The number of hydrogen-bond donors (Lipinski definition) is 1. The molecule has 2 N–H and O–H groups in total. The van der Waals surface area contributed by atoms with E-state index in [1.165, 1.54) is 11.3 Å². The highest BCUT2D eigenvalue weighted by Crippen LogP contribution is 2.22. The average Bonchev–Trinajstić information content (AvgIpc) is 3.00. The quantitative estimate of drug-likeness (QED) is 0.699. The summed E-state index contributed by atoms with van der Waals surface area (Å²) in [5, 5.41) is 8.66. The van der Waals surface area contributed by atoms with Crippen molar-refractivity contribution in [1.82, 2.24) is 19.7 Å². The predicted octanol–water partition coefficient (Wildman–Crippen LogP) is 1.97. The largest absolute Gasteiger partial charge is 0.399 e. The summed E-state index contributed by atoms with van der Waals surface area (Å²) < 4.78 is 1.91. The zero-order valence-corrected chi connectivity index (χ0v) is 9.63. The molecule has 0 saturated heterocycles. The maximum absolute atomic E-state index is 5.67. The molecule has 3 rings (SSSR count). The minimum absolute atomic E-state index is 0.739. The number of nitrogens with zero attached hydrogens (tertiary/aromatic N) is 4. The van der Waals surface area contributed by atoms with Gasteiger partial charge in [0.25, 0.3) is 0 Å². The van der Waals surface area contributed by atoms with Gasteiger partial charge in [-0.1, -0.05) is 11.3 Å². The molecule has 0 unspecified atom stereocenters. The maximum Gasteiger partial charge on any atom is 0.217 e. The van der Waals surface area contributed by atoms with E-state index >= 15 is 0 Å². The van der Waals surface area contributed by atoms with Gasteiger partial charge in [-0.25, -0.2) is 4.98 Å². The Bertz CT molecular complexity index is 612. The number of benzene rings is 1. The third-order valence-corrected chi connectivity index (χ3v) is 3.05. The van der Waals surface area contributed by atoms with Gasteiger partial charge >= 0.3 is 0 Å². The SMILES string of the molecule is Nc1ccc(-c2nccn2-c2nncs2)cc1. The number of nitrogens with two attached hydrogens (primary N) is 1. The van der Waals surface area contributed by atoms with Crippen molar-refractivity contribution in [1.29, 1.82) is 0 Å². The molecule has 0 saturated carbocycles. The van der Waals surface area contributed by atoms with Crippen LogP contribution in [0.4, 0.5) is 5.69 Å². The Balaban J connectivity index is 2.10. The molecule has 0 aliphatic heterocycles. The van der Waals surface area contributed by atoms with Crippen LogP contribution in [-0.4, -0.2) is 19.7 Å². The second-order valence-electron chi connectivity index (χ2n) is 3.46. The lowest BCUT2D eigenvalue weighted by Gasteiger charge is -2.03. The molecule has 2 heterocycles. The number of aromatic nitrogens is 4. The Morgan fingerprint density at radius 3 is 2.71 bits per heavy atom. The molecule has 0 bridgehead atoms. The van der Waals surface area contributed by atoms with E-state index in [1.54, 1.807) is 11.7 Å². The molecule has 1 aromatic carbocycles. The van der Waals surface area contributed by atoms with E-state index in [4.69, 9.17) is 5.73 Å². The van der Waals surface area contributed by atoms with Crippen LogP contribution in [0.2, 0.25) is 0 Å². The summed E-state index contributed by atoms with van der Waals surface area (Å²) in [7, 11) is 0. The molecule has 0 fully saturated rings. The summed E-state index contributed by atoms with van der Waals surface area (Å²) >= 11 is 1.47. The van der Waals surface area contributed by atoms with Crippen LogP contribution >= 0.6 is 11.3 Å². The number of rotatable bonds is 2. The van der Waals surface area contributed by atoms with Crippen LogP contribution < -0.4 is 5.73 Å². The molecule has 3 aromatic rings. The first kappa shape index (κ1) is 9.98. The van der Waals surface area contributed by atoms with Gasteiger partial charge in [-0.2, -0.15) is 0 Å². The van der Waals surface area contributed by atoms with Crippen molar-refractivity contribution in [2.75, 3.05) is 5.73 Å². The average molecular weight is 243 g/mol. The van der Waals surface area contributed by atoms with Crippen molar-refractivity contribution in [3.63, 3.8) is 0 Å². The Morgan fingerprint density at radius 2 is 2.00 bits per heavy atom. The molecular weight excluding hydrogens is 234 g/mol. The predicted molar refractivity (Wildman–Crippen MR) is 66.9 cm³/mol. The standard InChI is InChI=1S/C11H9N5S/c12-9-3-1-8(2-4-9)10-13-5-6-16(10)11-15-14-7-17-11/h1-7H,12H2. The molecule has 2 aromatic heterocycles. The third-order valence-electron chi connectivity index (χ3n) is 2.36. The number of anilines is 1. The molecule has 5 nitrogen and oxygen atoms in total. The minimum atomic E-state index is 0.739. The second-order valence-corrected chi connectivity index (χ2v) is 4.28. The van der Waals surface area contributed by atoms with Crippen LogP contribution in [0.3, 0.4) is 0 Å². The summed E-state index contributed by atoms with van der Waals surface area (Å²) in [6, 6.07) is 7.59. The number of nitrogen functional groups attached to an aromatic ring is 1. The van der Waals surface area contributed by atoms with E-state index in [2.05, 4.69) is 15.2 Å². The molecule has 6 heteroatoms.